The van der Waals surface area contributed by atoms with Crippen LogP contribution in [0, 0.1) is 6.92 Å². The number of alkyl halides is 1. The van der Waals surface area contributed by atoms with E-state index in [0.717, 1.165) is 12.0 Å². The summed E-state index contributed by atoms with van der Waals surface area (Å²) in [5.41, 5.74) is -0.377. The number of ketones is 1. The molecule has 14 heteroatoms. The van der Waals surface area contributed by atoms with Crippen LogP contribution in [-0.4, -0.2) is 79.6 Å². The fourth-order valence-corrected chi connectivity index (χ4v) is 5.08. The molecule has 0 aromatic carbocycles. The molecule has 2 aliphatic rings. The number of oxime groups is 1. The Bertz CT molecular complexity index is 961. The van der Waals surface area contributed by atoms with Crippen LogP contribution in [0.15, 0.2) is 10.9 Å². The lowest BCUT2D eigenvalue weighted by Gasteiger charge is -2.49. The molecule has 1 fully saturated rings. The van der Waals surface area contributed by atoms with E-state index in [1.54, 1.807) is 6.92 Å². The van der Waals surface area contributed by atoms with Gasteiger partial charge in [0.25, 0.3) is 11.8 Å². The number of β-lactam (4-membered cyclic amide) rings is 1. The van der Waals surface area contributed by atoms with E-state index in [1.807, 2.05) is 0 Å². The molecule has 29 heavy (non-hydrogen) atoms. The highest BCUT2D eigenvalue weighted by molar-refractivity contribution is 8.00. The minimum atomic E-state index is -1.28. The van der Waals surface area contributed by atoms with E-state index in [4.69, 9.17) is 11.6 Å². The molecule has 1 aromatic heterocycles. The molecule has 3 heterocycles. The number of Topliss-reactive ketones (excluding diaryl/α,β-unsaturated/α-hetero) is 1. The number of nitrogens with zero attached hydrogens (tertiary/aromatic N) is 4. The number of thioether (sulfide) groups is 1. The SMILES string of the molecule is CON=C(C(=O)CCl)C(=O)NC1C(=O)N2C(C(=O)O)=C(c3nnc(C)s3)CS[C@H]12. The van der Waals surface area contributed by atoms with Gasteiger partial charge in [0.15, 0.2) is 0 Å². The Balaban J connectivity index is 1.84. The van der Waals surface area contributed by atoms with Crippen molar-refractivity contribution >= 4 is 69.6 Å². The van der Waals surface area contributed by atoms with E-state index < -0.39 is 46.6 Å². The van der Waals surface area contributed by atoms with Crippen LogP contribution in [0.2, 0.25) is 0 Å². The molecule has 3 rings (SSSR count). The Morgan fingerprint density at radius 1 is 1.41 bits per heavy atom. The molecule has 2 atom stereocenters. The van der Waals surface area contributed by atoms with Gasteiger partial charge in [-0.3, -0.25) is 19.3 Å². The second kappa shape index (κ2) is 8.47. The summed E-state index contributed by atoms with van der Waals surface area (Å²) in [7, 11) is 1.16. The second-order valence-corrected chi connectivity index (χ2v) is 8.35. The zero-order valence-corrected chi connectivity index (χ0v) is 17.4. The molecule has 2 amide bonds. The highest BCUT2D eigenvalue weighted by Crippen LogP contribution is 2.43. The molecule has 11 nitrogen and oxygen atoms in total. The van der Waals surface area contributed by atoms with E-state index >= 15 is 0 Å². The summed E-state index contributed by atoms with van der Waals surface area (Å²) < 4.78 is 0. The first-order valence-corrected chi connectivity index (χ1v) is 10.4. The van der Waals surface area contributed by atoms with Crippen molar-refractivity contribution in [1.29, 1.82) is 0 Å². The number of aryl methyl sites for hydroxylation is 1. The number of carbonyl (C=O) groups excluding carboxylic acids is 3. The number of carbonyl (C=O) groups is 4. The van der Waals surface area contributed by atoms with E-state index in [1.165, 1.54) is 23.1 Å². The summed E-state index contributed by atoms with van der Waals surface area (Å²) in [4.78, 5) is 54.1. The van der Waals surface area contributed by atoms with Gasteiger partial charge in [-0.05, 0) is 6.92 Å². The van der Waals surface area contributed by atoms with Gasteiger partial charge in [0.1, 0.15) is 34.2 Å². The Hall–Kier alpha value is -2.51. The van der Waals surface area contributed by atoms with Crippen LogP contribution in [0.25, 0.3) is 5.57 Å². The van der Waals surface area contributed by atoms with Gasteiger partial charge in [-0.1, -0.05) is 16.5 Å². The second-order valence-electron chi connectivity index (χ2n) is 5.80. The van der Waals surface area contributed by atoms with Gasteiger partial charge in [-0.25, -0.2) is 4.79 Å². The van der Waals surface area contributed by atoms with Crippen LogP contribution in [0.4, 0.5) is 0 Å². The van der Waals surface area contributed by atoms with Crippen LogP contribution in [0.5, 0.6) is 0 Å². The molecule has 0 spiro atoms. The van der Waals surface area contributed by atoms with Gasteiger partial charge in [-0.15, -0.1) is 33.6 Å². The maximum Gasteiger partial charge on any atom is 0.353 e. The first-order valence-electron chi connectivity index (χ1n) is 8.02. The van der Waals surface area contributed by atoms with Crippen molar-refractivity contribution < 1.29 is 29.1 Å². The number of carboxylic acid groups (broad SMARTS) is 1. The van der Waals surface area contributed by atoms with Crippen LogP contribution < -0.4 is 5.32 Å². The predicted octanol–water partition coefficient (Wildman–Crippen LogP) is -0.148. The Kier molecular flexibility index (Phi) is 6.19. The molecule has 2 aliphatic heterocycles. The van der Waals surface area contributed by atoms with Gasteiger partial charge in [0, 0.05) is 11.3 Å². The average molecular weight is 460 g/mol. The van der Waals surface area contributed by atoms with E-state index in [9.17, 15) is 24.3 Å². The fraction of sp³-hybridized carbons (Fsp3) is 0.400. The van der Waals surface area contributed by atoms with Gasteiger partial charge in [0.2, 0.25) is 11.5 Å². The lowest BCUT2D eigenvalue weighted by Crippen LogP contribution is -2.71. The summed E-state index contributed by atoms with van der Waals surface area (Å²) >= 11 is 7.95. The van der Waals surface area contributed by atoms with Crippen molar-refractivity contribution in [3.63, 3.8) is 0 Å². The summed E-state index contributed by atoms with van der Waals surface area (Å²) in [6.45, 7) is 1.74. The van der Waals surface area contributed by atoms with E-state index in [0.29, 0.717) is 15.6 Å². The monoisotopic (exact) mass is 459 g/mol. The summed E-state index contributed by atoms with van der Waals surface area (Å²) in [5.74, 6) is -3.84. The number of hydrogen-bond donors (Lipinski definition) is 2. The van der Waals surface area contributed by atoms with Gasteiger partial charge in [0.05, 0.1) is 5.88 Å². The number of nitrogens with one attached hydrogen (secondary N) is 1. The third kappa shape index (κ3) is 3.84. The minimum Gasteiger partial charge on any atom is -0.477 e. The van der Waals surface area contributed by atoms with Crippen LogP contribution >= 0.6 is 34.7 Å². The van der Waals surface area contributed by atoms with E-state index in [-0.39, 0.29) is 11.4 Å². The predicted molar refractivity (Wildman–Crippen MR) is 104 cm³/mol. The van der Waals surface area contributed by atoms with E-state index in [2.05, 4.69) is 25.5 Å². The number of halogens is 1. The van der Waals surface area contributed by atoms with Crippen LogP contribution in [0.3, 0.4) is 0 Å². The molecule has 1 saturated heterocycles. The van der Waals surface area contributed by atoms with Crippen molar-refractivity contribution in [1.82, 2.24) is 20.4 Å². The van der Waals surface area contributed by atoms with Gasteiger partial charge < -0.3 is 15.3 Å². The third-order valence-electron chi connectivity index (χ3n) is 4.02. The third-order valence-corrected chi connectivity index (χ3v) is 6.45. The average Bonchev–Trinajstić information content (AvgIpc) is 3.14. The number of hydrogen-bond acceptors (Lipinski definition) is 10. The van der Waals surface area contributed by atoms with Gasteiger partial charge in [-0.2, -0.15) is 0 Å². The molecule has 154 valence electrons. The number of carboxylic acids is 1. The number of aromatic nitrogens is 2. The largest absolute Gasteiger partial charge is 0.477 e. The maximum absolute atomic E-state index is 12.6. The quantitative estimate of drug-likeness (QED) is 0.186. The highest BCUT2D eigenvalue weighted by Gasteiger charge is 2.55. The molecule has 0 saturated carbocycles. The standard InChI is InChI=1S/C15H14ClN5O6S2/c1-5-18-19-12(29-5)6-4-28-14-9(13(24)21(14)10(6)15(25)26)17-11(23)8(20-27-2)7(22)3-16/h9,14H,3-4H2,1-2H3,(H,17,23)(H,25,26)/t9?,14-/m1/s1. The molecule has 2 N–H and O–H groups in total. The molecule has 1 unspecified atom stereocenters. The number of rotatable bonds is 7. The summed E-state index contributed by atoms with van der Waals surface area (Å²) in [6, 6.07) is -1.02. The van der Waals surface area contributed by atoms with Crippen molar-refractivity contribution in [3.05, 3.63) is 15.7 Å². The van der Waals surface area contributed by atoms with Crippen molar-refractivity contribution in [2.24, 2.45) is 5.16 Å². The van der Waals surface area contributed by atoms with Crippen LogP contribution in [0.1, 0.15) is 10.0 Å². The van der Waals surface area contributed by atoms with Gasteiger partial charge >= 0.3 is 5.97 Å². The fourth-order valence-electron chi connectivity index (χ4n) is 2.78. The Morgan fingerprint density at radius 3 is 2.69 bits per heavy atom. The summed E-state index contributed by atoms with van der Waals surface area (Å²) in [5, 5.41) is 23.7. The van der Waals surface area contributed by atoms with Crippen molar-refractivity contribution in [2.45, 2.75) is 18.3 Å². The Morgan fingerprint density at radius 2 is 2.14 bits per heavy atom. The lowest BCUT2D eigenvalue weighted by molar-refractivity contribution is -0.149. The maximum atomic E-state index is 12.6. The zero-order chi connectivity index (χ0) is 21.3. The number of aliphatic carboxylic acids is 1. The van der Waals surface area contributed by atoms with Crippen LogP contribution in [-0.2, 0) is 24.0 Å². The molecule has 1 aromatic rings. The molecular weight excluding hydrogens is 446 g/mol. The lowest BCUT2D eigenvalue weighted by atomic mass is 10.0. The van der Waals surface area contributed by atoms with Crippen molar-refractivity contribution in [3.8, 4) is 0 Å². The number of fused-ring (bicyclic) bond motifs is 1. The normalized spacial score (nSPS) is 21.4. The number of amides is 2. The van der Waals surface area contributed by atoms with Crippen molar-refractivity contribution in [2.75, 3.05) is 18.7 Å². The minimum absolute atomic E-state index is 0.192. The Labute approximate surface area is 177 Å². The summed E-state index contributed by atoms with van der Waals surface area (Å²) in [6.07, 6.45) is 0. The highest BCUT2D eigenvalue weighted by atomic mass is 35.5. The molecule has 0 bridgehead atoms. The first kappa shape index (κ1) is 21.2. The molecule has 0 aliphatic carbocycles. The smallest absolute Gasteiger partial charge is 0.353 e. The first-order chi connectivity index (χ1) is 13.8. The molecule has 0 radical (unpaired) electrons. The zero-order valence-electron chi connectivity index (χ0n) is 15.0. The topological polar surface area (TPSA) is 151 Å². The molecular formula is C15H14ClN5O6S2.